The molecular weight excluding hydrogens is 256 g/mol. The highest BCUT2D eigenvalue weighted by Gasteiger charge is 2.28. The molecule has 106 valence electrons. The summed E-state index contributed by atoms with van der Waals surface area (Å²) in [6, 6.07) is -0.921. The summed E-state index contributed by atoms with van der Waals surface area (Å²) in [7, 11) is 0. The molecule has 5 N–H and O–H groups in total. The van der Waals surface area contributed by atoms with Crippen molar-refractivity contribution in [1.82, 2.24) is 10.2 Å². The molecule has 2 atom stereocenters. The number of halogens is 1. The van der Waals surface area contributed by atoms with Crippen molar-refractivity contribution in [3.8, 4) is 0 Å². The third-order valence-electron chi connectivity index (χ3n) is 3.49. The van der Waals surface area contributed by atoms with Crippen LogP contribution in [-0.4, -0.2) is 42.0 Å². The second kappa shape index (κ2) is 7.56. The van der Waals surface area contributed by atoms with E-state index in [0.29, 0.717) is 5.92 Å². The van der Waals surface area contributed by atoms with E-state index in [1.165, 1.54) is 0 Å². The van der Waals surface area contributed by atoms with E-state index < -0.39 is 6.03 Å². The first kappa shape index (κ1) is 17.2. The number of carbonyl (C=O) groups excluding carboxylic acids is 2. The van der Waals surface area contributed by atoms with E-state index in [1.807, 2.05) is 6.92 Å². The smallest absolute Gasteiger partial charge is 0.318 e. The van der Waals surface area contributed by atoms with Crippen LogP contribution in [0.4, 0.5) is 4.79 Å². The third-order valence-corrected chi connectivity index (χ3v) is 3.49. The second-order valence-electron chi connectivity index (χ2n) is 4.76. The summed E-state index contributed by atoms with van der Waals surface area (Å²) in [6.45, 7) is 5.47. The van der Waals surface area contributed by atoms with E-state index in [-0.39, 0.29) is 30.4 Å². The zero-order valence-corrected chi connectivity index (χ0v) is 11.7. The summed E-state index contributed by atoms with van der Waals surface area (Å²) < 4.78 is 0. The maximum Gasteiger partial charge on any atom is 0.318 e. The van der Waals surface area contributed by atoms with Crippen molar-refractivity contribution in [2.45, 2.75) is 38.8 Å². The number of primary amides is 1. The standard InChI is InChI=1S/C11H22N4O2.ClH/c1-7(12)9-3-5-15(6-4-9)8(2)10(16)14-11(13)17;/h7-9H,3-6,12H2,1-2H3,(H3,13,14,16,17);1H. The van der Waals surface area contributed by atoms with Crippen molar-refractivity contribution < 1.29 is 9.59 Å². The molecule has 1 rings (SSSR count). The number of imide groups is 1. The Balaban J connectivity index is 0.00000289. The molecule has 7 heteroatoms. The van der Waals surface area contributed by atoms with Crippen molar-refractivity contribution >= 4 is 24.3 Å². The first-order valence-corrected chi connectivity index (χ1v) is 6.01. The van der Waals surface area contributed by atoms with Crippen LogP contribution in [0, 0.1) is 5.92 Å². The molecule has 2 unspecified atom stereocenters. The number of rotatable bonds is 3. The zero-order valence-electron chi connectivity index (χ0n) is 10.9. The maximum atomic E-state index is 11.6. The average Bonchev–Trinajstić information content (AvgIpc) is 2.27. The maximum absolute atomic E-state index is 11.6. The molecule has 0 saturated carbocycles. The SMILES string of the molecule is CC(N)C1CCN(C(C)C(=O)NC(N)=O)CC1.Cl. The number of nitrogens with zero attached hydrogens (tertiary/aromatic N) is 1. The number of nitrogens with one attached hydrogen (secondary N) is 1. The quantitative estimate of drug-likeness (QED) is 0.679. The fraction of sp³-hybridized carbons (Fsp3) is 0.818. The van der Waals surface area contributed by atoms with Gasteiger partial charge in [-0.25, -0.2) is 4.79 Å². The van der Waals surface area contributed by atoms with E-state index in [4.69, 9.17) is 11.5 Å². The van der Waals surface area contributed by atoms with Gasteiger partial charge in [-0.15, -0.1) is 12.4 Å². The van der Waals surface area contributed by atoms with E-state index in [1.54, 1.807) is 6.92 Å². The van der Waals surface area contributed by atoms with Gasteiger partial charge >= 0.3 is 6.03 Å². The molecule has 1 aliphatic rings. The fourth-order valence-corrected chi connectivity index (χ4v) is 2.22. The fourth-order valence-electron chi connectivity index (χ4n) is 2.22. The van der Waals surface area contributed by atoms with Gasteiger partial charge in [0.25, 0.3) is 0 Å². The highest BCUT2D eigenvalue weighted by Crippen LogP contribution is 2.20. The number of piperidine rings is 1. The normalized spacial score (nSPS) is 20.6. The van der Waals surface area contributed by atoms with E-state index in [2.05, 4.69) is 10.2 Å². The Morgan fingerprint density at radius 3 is 2.17 bits per heavy atom. The molecule has 0 aromatic rings. The monoisotopic (exact) mass is 278 g/mol. The van der Waals surface area contributed by atoms with Crippen LogP contribution in [0.2, 0.25) is 0 Å². The second-order valence-corrected chi connectivity index (χ2v) is 4.76. The minimum atomic E-state index is -0.799. The lowest BCUT2D eigenvalue weighted by Gasteiger charge is -2.36. The van der Waals surface area contributed by atoms with Gasteiger partial charge in [0.05, 0.1) is 6.04 Å². The number of nitrogens with two attached hydrogens (primary N) is 2. The predicted molar refractivity (Wildman–Crippen MR) is 72.4 cm³/mol. The van der Waals surface area contributed by atoms with Crippen LogP contribution in [0.3, 0.4) is 0 Å². The van der Waals surface area contributed by atoms with E-state index >= 15 is 0 Å². The summed E-state index contributed by atoms with van der Waals surface area (Å²) in [6.07, 6.45) is 1.98. The van der Waals surface area contributed by atoms with Gasteiger partial charge in [0, 0.05) is 6.04 Å². The molecule has 1 aliphatic heterocycles. The summed E-state index contributed by atoms with van der Waals surface area (Å²) in [5.41, 5.74) is 10.8. The predicted octanol–water partition coefficient (Wildman–Crippen LogP) is 0.0508. The van der Waals surface area contributed by atoms with Crippen LogP contribution < -0.4 is 16.8 Å². The van der Waals surface area contributed by atoms with Crippen LogP contribution in [0.25, 0.3) is 0 Å². The molecule has 6 nitrogen and oxygen atoms in total. The van der Waals surface area contributed by atoms with Crippen molar-refractivity contribution in [1.29, 1.82) is 0 Å². The third kappa shape index (κ3) is 4.80. The Morgan fingerprint density at radius 2 is 1.78 bits per heavy atom. The van der Waals surface area contributed by atoms with Gasteiger partial charge in [-0.1, -0.05) is 0 Å². The van der Waals surface area contributed by atoms with Gasteiger partial charge in [-0.05, 0) is 45.7 Å². The zero-order chi connectivity index (χ0) is 13.0. The van der Waals surface area contributed by atoms with Crippen LogP contribution in [-0.2, 0) is 4.79 Å². The number of urea groups is 1. The summed E-state index contributed by atoms with van der Waals surface area (Å²) >= 11 is 0. The number of hydrogen-bond donors (Lipinski definition) is 3. The first-order chi connectivity index (χ1) is 7.91. The largest absolute Gasteiger partial charge is 0.351 e. The molecule has 1 heterocycles. The lowest BCUT2D eigenvalue weighted by Crippen LogP contribution is -2.51. The molecule has 1 fully saturated rings. The first-order valence-electron chi connectivity index (χ1n) is 6.01. The van der Waals surface area contributed by atoms with Crippen LogP contribution in [0.15, 0.2) is 0 Å². The van der Waals surface area contributed by atoms with Gasteiger partial charge in [-0.2, -0.15) is 0 Å². The lowest BCUT2D eigenvalue weighted by atomic mass is 9.90. The number of amides is 3. The van der Waals surface area contributed by atoms with Gasteiger partial charge in [-0.3, -0.25) is 15.0 Å². The molecule has 3 amide bonds. The van der Waals surface area contributed by atoms with Gasteiger partial charge in [0.2, 0.25) is 5.91 Å². The Hall–Kier alpha value is -0.850. The Morgan fingerprint density at radius 1 is 1.28 bits per heavy atom. The number of hydrogen-bond acceptors (Lipinski definition) is 4. The highest BCUT2D eigenvalue weighted by molar-refractivity contribution is 5.96. The number of carbonyl (C=O) groups is 2. The molecule has 1 saturated heterocycles. The van der Waals surface area contributed by atoms with Gasteiger partial charge in [0.1, 0.15) is 0 Å². The summed E-state index contributed by atoms with van der Waals surface area (Å²) in [5.74, 6) is 0.189. The van der Waals surface area contributed by atoms with Crippen molar-refractivity contribution in [3.05, 3.63) is 0 Å². The average molecular weight is 279 g/mol. The molecule has 0 bridgehead atoms. The Kier molecular flexibility index (Phi) is 7.20. The Bertz CT molecular complexity index is 291. The van der Waals surface area contributed by atoms with E-state index in [0.717, 1.165) is 25.9 Å². The molecule has 0 aliphatic carbocycles. The molecule has 18 heavy (non-hydrogen) atoms. The lowest BCUT2D eigenvalue weighted by molar-refractivity contribution is -0.125. The minimum absolute atomic E-state index is 0. The molecule has 0 radical (unpaired) electrons. The van der Waals surface area contributed by atoms with Crippen molar-refractivity contribution in [2.24, 2.45) is 17.4 Å². The molecule has 0 aromatic heterocycles. The van der Waals surface area contributed by atoms with Crippen LogP contribution in [0.1, 0.15) is 26.7 Å². The molecule has 0 aromatic carbocycles. The van der Waals surface area contributed by atoms with Crippen LogP contribution >= 0.6 is 12.4 Å². The minimum Gasteiger partial charge on any atom is -0.351 e. The summed E-state index contributed by atoms with van der Waals surface area (Å²) in [5, 5.41) is 2.11. The molecular formula is C11H23ClN4O2. The van der Waals surface area contributed by atoms with Crippen LogP contribution in [0.5, 0.6) is 0 Å². The summed E-state index contributed by atoms with van der Waals surface area (Å²) in [4.78, 5) is 24.2. The van der Waals surface area contributed by atoms with Crippen molar-refractivity contribution in [2.75, 3.05) is 13.1 Å². The van der Waals surface area contributed by atoms with Gasteiger partial charge < -0.3 is 11.5 Å². The number of likely N-dealkylation sites (tertiary alicyclic amines) is 1. The van der Waals surface area contributed by atoms with E-state index in [9.17, 15) is 9.59 Å². The highest BCUT2D eigenvalue weighted by atomic mass is 35.5. The van der Waals surface area contributed by atoms with Gasteiger partial charge in [0.15, 0.2) is 0 Å². The Labute approximate surface area is 114 Å². The topological polar surface area (TPSA) is 101 Å². The van der Waals surface area contributed by atoms with Crippen molar-refractivity contribution in [3.63, 3.8) is 0 Å². The molecule has 0 spiro atoms.